The van der Waals surface area contributed by atoms with Crippen molar-refractivity contribution in [2.24, 2.45) is 0 Å². The highest BCUT2D eigenvalue weighted by atomic mass is 19.4. The number of hydrogen-bond acceptors (Lipinski definition) is 6. The Bertz CT molecular complexity index is 591. The van der Waals surface area contributed by atoms with Crippen LogP contribution in [0.1, 0.15) is 19.4 Å². The maximum Gasteiger partial charge on any atom is 0.422 e. The first-order valence-electron chi connectivity index (χ1n) is 8.61. The van der Waals surface area contributed by atoms with Gasteiger partial charge < -0.3 is 24.2 Å². The molecule has 1 aromatic rings. The third kappa shape index (κ3) is 8.96. The maximum atomic E-state index is 12.5. The number of carbonyl (C=O) groups excluding carboxylic acids is 1. The lowest BCUT2D eigenvalue weighted by Gasteiger charge is -2.22. The molecule has 27 heavy (non-hydrogen) atoms. The second-order valence-electron chi connectivity index (χ2n) is 5.88. The fraction of sp³-hybridized carbons (Fsp3) is 0.611. The van der Waals surface area contributed by atoms with Gasteiger partial charge in [0.1, 0.15) is 24.2 Å². The van der Waals surface area contributed by atoms with Gasteiger partial charge >= 0.3 is 12.1 Å². The molecule has 1 unspecified atom stereocenters. The van der Waals surface area contributed by atoms with E-state index in [0.717, 1.165) is 13.1 Å². The zero-order valence-electron chi connectivity index (χ0n) is 15.7. The number of ether oxygens (including phenoxy) is 3. The molecule has 0 aliphatic heterocycles. The Morgan fingerprint density at radius 2 is 1.89 bits per heavy atom. The molecule has 0 saturated heterocycles. The minimum atomic E-state index is -4.51. The molecule has 0 aliphatic carbocycles. The van der Waals surface area contributed by atoms with Crippen LogP contribution in [-0.2, 0) is 16.0 Å². The number of benzene rings is 1. The summed E-state index contributed by atoms with van der Waals surface area (Å²) in [5.74, 6) is -0.483. The van der Waals surface area contributed by atoms with E-state index in [1.54, 1.807) is 0 Å². The fourth-order valence-electron chi connectivity index (χ4n) is 2.32. The van der Waals surface area contributed by atoms with Gasteiger partial charge in [-0.2, -0.15) is 13.2 Å². The molecule has 0 amide bonds. The van der Waals surface area contributed by atoms with Crippen molar-refractivity contribution < 1.29 is 37.3 Å². The maximum absolute atomic E-state index is 12.5. The molecule has 9 heteroatoms. The highest BCUT2D eigenvalue weighted by Gasteiger charge is 2.29. The van der Waals surface area contributed by atoms with Gasteiger partial charge in [0.05, 0.1) is 13.5 Å². The van der Waals surface area contributed by atoms with Crippen LogP contribution in [0.3, 0.4) is 0 Å². The van der Waals surface area contributed by atoms with Gasteiger partial charge in [0, 0.05) is 18.2 Å². The van der Waals surface area contributed by atoms with Gasteiger partial charge in [-0.05, 0) is 19.2 Å². The average Bonchev–Trinajstić information content (AvgIpc) is 2.63. The molecule has 0 bridgehead atoms. The molecular formula is C18H26F3NO5. The van der Waals surface area contributed by atoms with Crippen LogP contribution in [0.15, 0.2) is 18.2 Å². The van der Waals surface area contributed by atoms with E-state index in [4.69, 9.17) is 9.47 Å². The first-order chi connectivity index (χ1) is 12.7. The topological polar surface area (TPSA) is 68.2 Å². The lowest BCUT2D eigenvalue weighted by molar-refractivity contribution is -0.153. The molecule has 6 nitrogen and oxygen atoms in total. The Hall–Kier alpha value is -2.00. The fourth-order valence-corrected chi connectivity index (χ4v) is 2.32. The van der Waals surface area contributed by atoms with E-state index >= 15 is 0 Å². The molecular weight excluding hydrogens is 367 g/mol. The summed E-state index contributed by atoms with van der Waals surface area (Å²) in [5, 5.41) is 10.0. The van der Waals surface area contributed by atoms with E-state index in [-0.39, 0.29) is 30.1 Å². The minimum Gasteiger partial charge on any atom is -0.491 e. The Morgan fingerprint density at radius 3 is 2.44 bits per heavy atom. The van der Waals surface area contributed by atoms with Crippen LogP contribution in [0.5, 0.6) is 11.5 Å². The largest absolute Gasteiger partial charge is 0.491 e. The standard InChI is InChI=1S/C18H26F3NO5/c1-4-22(5-2)10-14(23)11-26-15-7-6-13(8-17(24)25-3)16(9-15)27-12-18(19,20)21/h6-7,9,14,23H,4-5,8,10-12H2,1-3H3. The number of aliphatic hydroxyl groups excluding tert-OH is 1. The van der Waals surface area contributed by atoms with E-state index in [1.165, 1.54) is 25.3 Å². The number of carbonyl (C=O) groups is 1. The number of rotatable bonds is 11. The Labute approximate surface area is 156 Å². The summed E-state index contributed by atoms with van der Waals surface area (Å²) in [5.41, 5.74) is 0.252. The normalized spacial score (nSPS) is 12.7. The van der Waals surface area contributed by atoms with Gasteiger partial charge in [0.25, 0.3) is 0 Å². The quantitative estimate of drug-likeness (QED) is 0.583. The molecule has 1 rings (SSSR count). The molecule has 1 atom stereocenters. The van der Waals surface area contributed by atoms with Gasteiger partial charge in [0.2, 0.25) is 0 Å². The van der Waals surface area contributed by atoms with E-state index in [1.807, 2.05) is 18.7 Å². The first kappa shape index (κ1) is 23.0. The van der Waals surface area contributed by atoms with Gasteiger partial charge in [-0.1, -0.05) is 19.9 Å². The zero-order valence-corrected chi connectivity index (χ0v) is 15.7. The Morgan fingerprint density at radius 1 is 1.22 bits per heavy atom. The molecule has 1 N–H and O–H groups in total. The van der Waals surface area contributed by atoms with Crippen LogP contribution in [0.2, 0.25) is 0 Å². The number of methoxy groups -OCH3 is 1. The Balaban J connectivity index is 2.81. The lowest BCUT2D eigenvalue weighted by Crippen LogP contribution is -2.35. The van der Waals surface area contributed by atoms with Crippen LogP contribution in [0.4, 0.5) is 13.2 Å². The molecule has 0 spiro atoms. The van der Waals surface area contributed by atoms with Crippen LogP contribution in [0.25, 0.3) is 0 Å². The van der Waals surface area contributed by atoms with Crippen molar-refractivity contribution in [1.29, 1.82) is 0 Å². The second kappa shape index (κ2) is 11.0. The summed E-state index contributed by atoms with van der Waals surface area (Å²) in [4.78, 5) is 13.4. The van der Waals surface area contributed by atoms with Crippen LogP contribution >= 0.6 is 0 Å². The third-order valence-electron chi connectivity index (χ3n) is 3.80. The van der Waals surface area contributed by atoms with Crippen molar-refractivity contribution in [3.05, 3.63) is 23.8 Å². The van der Waals surface area contributed by atoms with Crippen molar-refractivity contribution in [2.45, 2.75) is 32.5 Å². The summed E-state index contributed by atoms with van der Waals surface area (Å²) in [6.07, 6.45) is -5.49. The van der Waals surface area contributed by atoms with E-state index in [2.05, 4.69) is 4.74 Å². The lowest BCUT2D eigenvalue weighted by atomic mass is 10.1. The van der Waals surface area contributed by atoms with Gasteiger partial charge in [-0.3, -0.25) is 4.79 Å². The third-order valence-corrected chi connectivity index (χ3v) is 3.80. The monoisotopic (exact) mass is 393 g/mol. The minimum absolute atomic E-state index is 0.0223. The Kier molecular flexibility index (Phi) is 9.37. The summed E-state index contributed by atoms with van der Waals surface area (Å²) >= 11 is 0. The smallest absolute Gasteiger partial charge is 0.422 e. The van der Waals surface area contributed by atoms with Crippen LogP contribution in [0, 0.1) is 0 Å². The van der Waals surface area contributed by atoms with E-state index < -0.39 is 24.9 Å². The molecule has 0 radical (unpaired) electrons. The molecule has 0 saturated carbocycles. The summed E-state index contributed by atoms with van der Waals surface area (Å²) in [6.45, 7) is 4.42. The van der Waals surface area contributed by atoms with Crippen molar-refractivity contribution >= 4 is 5.97 Å². The molecule has 1 aromatic carbocycles. The summed E-state index contributed by atoms with van der Waals surface area (Å²) < 4.78 is 52.2. The second-order valence-corrected chi connectivity index (χ2v) is 5.88. The van der Waals surface area contributed by atoms with Gasteiger partial charge in [-0.15, -0.1) is 0 Å². The van der Waals surface area contributed by atoms with Crippen molar-refractivity contribution in [2.75, 3.05) is 40.0 Å². The number of nitrogens with zero attached hydrogens (tertiary/aromatic N) is 1. The predicted molar refractivity (Wildman–Crippen MR) is 93.0 cm³/mol. The SMILES string of the molecule is CCN(CC)CC(O)COc1ccc(CC(=O)OC)c(OCC(F)(F)F)c1. The highest BCUT2D eigenvalue weighted by Crippen LogP contribution is 2.28. The van der Waals surface area contributed by atoms with Gasteiger partial charge in [0.15, 0.2) is 6.61 Å². The number of alkyl halides is 3. The number of likely N-dealkylation sites (N-methyl/N-ethyl adjacent to an activating group) is 1. The number of hydrogen-bond donors (Lipinski definition) is 1. The summed E-state index contributed by atoms with van der Waals surface area (Å²) in [7, 11) is 1.19. The van der Waals surface area contributed by atoms with Crippen molar-refractivity contribution in [3.63, 3.8) is 0 Å². The number of aliphatic hydroxyl groups is 1. The highest BCUT2D eigenvalue weighted by molar-refractivity contribution is 5.73. The average molecular weight is 393 g/mol. The van der Waals surface area contributed by atoms with Crippen molar-refractivity contribution in [3.8, 4) is 11.5 Å². The molecule has 154 valence electrons. The van der Waals surface area contributed by atoms with Crippen LogP contribution in [-0.4, -0.2) is 68.2 Å². The van der Waals surface area contributed by atoms with Crippen molar-refractivity contribution in [1.82, 2.24) is 4.90 Å². The number of halogens is 3. The van der Waals surface area contributed by atoms with Crippen LogP contribution < -0.4 is 9.47 Å². The molecule has 0 aliphatic rings. The predicted octanol–water partition coefficient (Wildman–Crippen LogP) is 2.42. The molecule has 0 fully saturated rings. The molecule has 0 aromatic heterocycles. The first-order valence-corrected chi connectivity index (χ1v) is 8.61. The molecule has 0 heterocycles. The zero-order chi connectivity index (χ0) is 20.4. The van der Waals surface area contributed by atoms with E-state index in [0.29, 0.717) is 6.54 Å². The summed E-state index contributed by atoms with van der Waals surface area (Å²) in [6, 6.07) is 4.21. The van der Waals surface area contributed by atoms with Gasteiger partial charge in [-0.25, -0.2) is 0 Å². The van der Waals surface area contributed by atoms with E-state index in [9.17, 15) is 23.1 Å². The number of esters is 1.